The van der Waals surface area contributed by atoms with Crippen molar-refractivity contribution in [2.75, 3.05) is 38.6 Å². The SMILES string of the molecule is COc1ccc(NC(=O)C2CCCN(S(=O)(=O)c3ccc(C)cc3)C2)cc1S(=O)(=O)N1CCCCC1. The molecule has 0 aliphatic carbocycles. The third-order valence-electron chi connectivity index (χ3n) is 6.78. The van der Waals surface area contributed by atoms with Crippen LogP contribution in [-0.2, 0) is 24.8 Å². The van der Waals surface area contributed by atoms with Gasteiger partial charge in [0, 0.05) is 31.9 Å². The van der Waals surface area contributed by atoms with Crippen molar-refractivity contribution < 1.29 is 26.4 Å². The summed E-state index contributed by atoms with van der Waals surface area (Å²) in [6.45, 7) is 3.21. The maximum Gasteiger partial charge on any atom is 0.246 e. The van der Waals surface area contributed by atoms with Crippen LogP contribution in [0.2, 0.25) is 0 Å². The Hall–Kier alpha value is -2.47. The lowest BCUT2D eigenvalue weighted by Gasteiger charge is -2.31. The molecular weight excluding hydrogens is 502 g/mol. The maximum atomic E-state index is 13.3. The molecule has 11 heteroatoms. The van der Waals surface area contributed by atoms with Gasteiger partial charge >= 0.3 is 0 Å². The monoisotopic (exact) mass is 535 g/mol. The summed E-state index contributed by atoms with van der Waals surface area (Å²) in [5.74, 6) is -0.680. The van der Waals surface area contributed by atoms with E-state index in [9.17, 15) is 21.6 Å². The molecule has 1 N–H and O–H groups in total. The number of carbonyl (C=O) groups excluding carboxylic acids is 1. The van der Waals surface area contributed by atoms with Crippen LogP contribution in [-0.4, -0.2) is 64.6 Å². The highest BCUT2D eigenvalue weighted by Crippen LogP contribution is 2.32. The van der Waals surface area contributed by atoms with Crippen molar-refractivity contribution in [2.24, 2.45) is 5.92 Å². The molecule has 36 heavy (non-hydrogen) atoms. The molecule has 1 unspecified atom stereocenters. The predicted molar refractivity (Wildman–Crippen MR) is 137 cm³/mol. The molecule has 2 aliphatic heterocycles. The van der Waals surface area contributed by atoms with Gasteiger partial charge in [0.05, 0.1) is 17.9 Å². The molecular formula is C25H33N3O6S2. The Kier molecular flexibility index (Phi) is 8.03. The molecule has 2 saturated heterocycles. The molecule has 2 aromatic rings. The average Bonchev–Trinajstić information content (AvgIpc) is 2.89. The minimum absolute atomic E-state index is 0.0110. The zero-order valence-corrected chi connectivity index (χ0v) is 22.3. The van der Waals surface area contributed by atoms with E-state index in [-0.39, 0.29) is 28.0 Å². The van der Waals surface area contributed by atoms with Crippen LogP contribution in [0.15, 0.2) is 52.3 Å². The standard InChI is InChI=1S/C25H33N3O6S2/c1-19-8-11-22(12-9-19)35(30,31)28-16-6-7-20(18-28)25(29)26-21-10-13-23(34-2)24(17-21)36(32,33)27-14-4-3-5-15-27/h8-13,17,20H,3-7,14-16,18H2,1-2H3,(H,26,29). The van der Waals surface area contributed by atoms with Gasteiger partial charge in [0.15, 0.2) is 0 Å². The summed E-state index contributed by atoms with van der Waals surface area (Å²) in [7, 11) is -6.08. The smallest absolute Gasteiger partial charge is 0.246 e. The fourth-order valence-electron chi connectivity index (χ4n) is 4.68. The summed E-state index contributed by atoms with van der Waals surface area (Å²) >= 11 is 0. The first kappa shape index (κ1) is 26.6. The first-order valence-electron chi connectivity index (χ1n) is 12.2. The summed E-state index contributed by atoms with van der Waals surface area (Å²) in [6.07, 6.45) is 3.71. The van der Waals surface area contributed by atoms with Gasteiger partial charge in [0.25, 0.3) is 0 Å². The van der Waals surface area contributed by atoms with Gasteiger partial charge in [-0.1, -0.05) is 24.1 Å². The summed E-state index contributed by atoms with van der Waals surface area (Å²) in [5.41, 5.74) is 1.29. The number of nitrogens with one attached hydrogen (secondary N) is 1. The second-order valence-corrected chi connectivity index (χ2v) is 13.2. The van der Waals surface area contributed by atoms with Crippen molar-refractivity contribution in [2.45, 2.75) is 48.8 Å². The van der Waals surface area contributed by atoms with E-state index in [1.807, 2.05) is 6.92 Å². The Labute approximate surface area is 213 Å². The molecule has 2 heterocycles. The molecule has 2 aromatic carbocycles. The van der Waals surface area contributed by atoms with Crippen molar-refractivity contribution in [1.29, 1.82) is 0 Å². The molecule has 0 spiro atoms. The highest BCUT2D eigenvalue weighted by atomic mass is 32.2. The minimum Gasteiger partial charge on any atom is -0.495 e. The topological polar surface area (TPSA) is 113 Å². The zero-order valence-electron chi connectivity index (χ0n) is 20.6. The third-order valence-corrected chi connectivity index (χ3v) is 10.6. The number of piperidine rings is 2. The van der Waals surface area contributed by atoms with Crippen molar-refractivity contribution in [3.8, 4) is 5.75 Å². The zero-order chi connectivity index (χ0) is 25.9. The Bertz CT molecular complexity index is 1300. The second kappa shape index (κ2) is 10.9. The summed E-state index contributed by atoms with van der Waals surface area (Å²) < 4.78 is 60.9. The Morgan fingerprint density at radius 3 is 2.22 bits per heavy atom. The van der Waals surface area contributed by atoms with E-state index in [0.29, 0.717) is 38.2 Å². The third kappa shape index (κ3) is 5.59. The number of ether oxygens (including phenoxy) is 1. The molecule has 196 valence electrons. The van der Waals surface area contributed by atoms with Crippen molar-refractivity contribution in [3.63, 3.8) is 0 Å². The van der Waals surface area contributed by atoms with Crippen molar-refractivity contribution in [1.82, 2.24) is 8.61 Å². The van der Waals surface area contributed by atoms with Crippen LogP contribution in [0.1, 0.15) is 37.7 Å². The summed E-state index contributed by atoms with van der Waals surface area (Å²) in [4.78, 5) is 13.3. The lowest BCUT2D eigenvalue weighted by atomic mass is 9.98. The number of nitrogens with zero attached hydrogens (tertiary/aromatic N) is 2. The van der Waals surface area contributed by atoms with Crippen LogP contribution < -0.4 is 10.1 Å². The first-order chi connectivity index (χ1) is 17.1. The van der Waals surface area contributed by atoms with E-state index >= 15 is 0 Å². The van der Waals surface area contributed by atoms with E-state index in [1.165, 1.54) is 27.9 Å². The number of benzene rings is 2. The van der Waals surface area contributed by atoms with Gasteiger partial charge in [-0.3, -0.25) is 4.79 Å². The Balaban J connectivity index is 1.51. The van der Waals surface area contributed by atoms with E-state index in [0.717, 1.165) is 24.8 Å². The number of carbonyl (C=O) groups is 1. The van der Waals surface area contributed by atoms with Crippen LogP contribution in [0.4, 0.5) is 5.69 Å². The lowest BCUT2D eigenvalue weighted by molar-refractivity contribution is -0.120. The predicted octanol–water partition coefficient (Wildman–Crippen LogP) is 3.22. The largest absolute Gasteiger partial charge is 0.495 e. The van der Waals surface area contributed by atoms with Crippen LogP contribution >= 0.6 is 0 Å². The first-order valence-corrected chi connectivity index (χ1v) is 15.1. The second-order valence-electron chi connectivity index (χ2n) is 9.33. The molecule has 0 aromatic heterocycles. The number of hydrogen-bond donors (Lipinski definition) is 1. The van der Waals surface area contributed by atoms with Gasteiger partial charge in [0.2, 0.25) is 26.0 Å². The Morgan fingerprint density at radius 2 is 1.56 bits per heavy atom. The Morgan fingerprint density at radius 1 is 0.889 bits per heavy atom. The molecule has 2 aliphatic rings. The van der Waals surface area contributed by atoms with Crippen molar-refractivity contribution in [3.05, 3.63) is 48.0 Å². The molecule has 4 rings (SSSR count). The van der Waals surface area contributed by atoms with E-state index in [2.05, 4.69) is 5.32 Å². The van der Waals surface area contributed by atoms with Gasteiger partial charge in [-0.25, -0.2) is 16.8 Å². The lowest BCUT2D eigenvalue weighted by Crippen LogP contribution is -2.43. The molecule has 1 atom stereocenters. The van der Waals surface area contributed by atoms with Gasteiger partial charge in [0.1, 0.15) is 10.6 Å². The van der Waals surface area contributed by atoms with E-state index in [4.69, 9.17) is 4.74 Å². The normalized spacial score (nSPS) is 20.1. The number of amides is 1. The molecule has 0 bridgehead atoms. The van der Waals surface area contributed by atoms with Gasteiger partial charge < -0.3 is 10.1 Å². The summed E-state index contributed by atoms with van der Waals surface area (Å²) in [5, 5.41) is 2.80. The number of aryl methyl sites for hydroxylation is 1. The number of methoxy groups -OCH3 is 1. The van der Waals surface area contributed by atoms with Crippen molar-refractivity contribution >= 4 is 31.6 Å². The van der Waals surface area contributed by atoms with E-state index < -0.39 is 26.0 Å². The number of anilines is 1. The fourth-order valence-corrected chi connectivity index (χ4v) is 7.90. The number of hydrogen-bond acceptors (Lipinski definition) is 6. The maximum absolute atomic E-state index is 13.3. The van der Waals surface area contributed by atoms with Gasteiger partial charge in [-0.05, 0) is 62.9 Å². The van der Waals surface area contributed by atoms with Gasteiger partial charge in [-0.15, -0.1) is 0 Å². The quantitative estimate of drug-likeness (QED) is 0.583. The highest BCUT2D eigenvalue weighted by molar-refractivity contribution is 7.89. The molecule has 1 amide bonds. The molecule has 0 saturated carbocycles. The minimum atomic E-state index is -3.78. The number of rotatable bonds is 7. The average molecular weight is 536 g/mol. The summed E-state index contributed by atoms with van der Waals surface area (Å²) in [6, 6.07) is 11.2. The highest BCUT2D eigenvalue weighted by Gasteiger charge is 2.34. The molecule has 0 radical (unpaired) electrons. The van der Waals surface area contributed by atoms with E-state index in [1.54, 1.807) is 30.3 Å². The van der Waals surface area contributed by atoms with Crippen LogP contribution in [0.3, 0.4) is 0 Å². The van der Waals surface area contributed by atoms with Crippen LogP contribution in [0, 0.1) is 12.8 Å². The number of sulfonamides is 2. The van der Waals surface area contributed by atoms with Gasteiger partial charge in [-0.2, -0.15) is 8.61 Å². The fraction of sp³-hybridized carbons (Fsp3) is 0.480. The van der Waals surface area contributed by atoms with Crippen LogP contribution in [0.5, 0.6) is 5.75 Å². The van der Waals surface area contributed by atoms with Crippen LogP contribution in [0.25, 0.3) is 0 Å². The molecule has 9 nitrogen and oxygen atoms in total. The molecule has 2 fully saturated rings.